The first-order valence-corrected chi connectivity index (χ1v) is 8.87. The van der Waals surface area contributed by atoms with Gasteiger partial charge >= 0.3 is 5.97 Å². The lowest BCUT2D eigenvalue weighted by Crippen LogP contribution is -2.31. The number of hydrogen-bond donors (Lipinski definition) is 3. The molecule has 0 fully saturated rings. The summed E-state index contributed by atoms with van der Waals surface area (Å²) in [4.78, 5) is 12.2. The Morgan fingerprint density at radius 1 is 1.37 bits per heavy atom. The van der Waals surface area contributed by atoms with Crippen molar-refractivity contribution in [3.63, 3.8) is 0 Å². The van der Waals surface area contributed by atoms with Gasteiger partial charge in [-0.1, -0.05) is 11.6 Å². The van der Waals surface area contributed by atoms with Gasteiger partial charge in [-0.3, -0.25) is 0 Å². The molecule has 0 aliphatic carbocycles. The summed E-state index contributed by atoms with van der Waals surface area (Å²) in [7, 11) is 1.34. The van der Waals surface area contributed by atoms with Crippen LogP contribution in [0, 0.1) is 5.82 Å². The maximum absolute atomic E-state index is 13.3. The Bertz CT molecular complexity index is 948. The van der Waals surface area contributed by atoms with E-state index in [4.69, 9.17) is 21.1 Å². The van der Waals surface area contributed by atoms with Crippen LogP contribution in [0.15, 0.2) is 24.3 Å². The molecule has 2 aliphatic heterocycles. The van der Waals surface area contributed by atoms with Crippen molar-refractivity contribution in [1.29, 1.82) is 0 Å². The van der Waals surface area contributed by atoms with Gasteiger partial charge in [0, 0.05) is 12.0 Å². The van der Waals surface area contributed by atoms with Crippen molar-refractivity contribution in [3.05, 3.63) is 46.2 Å². The van der Waals surface area contributed by atoms with E-state index in [9.17, 15) is 9.18 Å². The molecule has 0 saturated heterocycles. The van der Waals surface area contributed by atoms with Crippen molar-refractivity contribution in [3.8, 4) is 5.75 Å². The largest absolute Gasteiger partial charge is 0.486 e. The molecule has 2 heterocycles. The highest BCUT2D eigenvalue weighted by Crippen LogP contribution is 2.48. The van der Waals surface area contributed by atoms with Gasteiger partial charge in [-0.25, -0.2) is 9.18 Å². The zero-order chi connectivity index (χ0) is 19.3. The second-order valence-corrected chi connectivity index (χ2v) is 7.58. The fourth-order valence-corrected chi connectivity index (χ4v) is 3.68. The standard InChI is InChI=1S/C19H19ClFN3O3/c1-19(2)8-11-15-14(7-10(16(11)27-19)17(25)26-3)23-18(24-15)22-13-5-4-9(21)6-12(13)20/h4-7,18,22-24H,8H2,1-3H3. The van der Waals surface area contributed by atoms with E-state index < -0.39 is 17.4 Å². The zero-order valence-electron chi connectivity index (χ0n) is 15.1. The third-order valence-electron chi connectivity index (χ3n) is 4.58. The molecule has 2 aromatic carbocycles. The molecule has 0 aromatic heterocycles. The highest BCUT2D eigenvalue weighted by molar-refractivity contribution is 6.33. The monoisotopic (exact) mass is 391 g/mol. The van der Waals surface area contributed by atoms with E-state index in [1.165, 1.54) is 19.2 Å². The molecule has 3 N–H and O–H groups in total. The summed E-state index contributed by atoms with van der Waals surface area (Å²) in [5.74, 6) is -0.312. The van der Waals surface area contributed by atoms with Gasteiger partial charge in [-0.05, 0) is 38.1 Å². The number of anilines is 3. The van der Waals surface area contributed by atoms with Crippen molar-refractivity contribution in [2.75, 3.05) is 23.1 Å². The molecule has 4 rings (SSSR count). The smallest absolute Gasteiger partial charge is 0.341 e. The number of esters is 1. The minimum absolute atomic E-state index is 0.277. The van der Waals surface area contributed by atoms with Crippen molar-refractivity contribution >= 4 is 34.6 Å². The van der Waals surface area contributed by atoms with Crippen molar-refractivity contribution in [2.45, 2.75) is 32.2 Å². The SMILES string of the molecule is COC(=O)c1cc2c(c3c1OC(C)(C)C3)NC(Nc1ccc(F)cc1Cl)N2. The van der Waals surface area contributed by atoms with Crippen LogP contribution in [0.4, 0.5) is 21.5 Å². The third kappa shape index (κ3) is 3.12. The summed E-state index contributed by atoms with van der Waals surface area (Å²) >= 11 is 6.10. The number of benzene rings is 2. The number of halogens is 2. The van der Waals surface area contributed by atoms with Gasteiger partial charge in [-0.2, -0.15) is 0 Å². The highest BCUT2D eigenvalue weighted by atomic mass is 35.5. The summed E-state index contributed by atoms with van der Waals surface area (Å²) in [6, 6.07) is 5.86. The summed E-state index contributed by atoms with van der Waals surface area (Å²) < 4.78 is 24.2. The molecule has 2 aliphatic rings. The topological polar surface area (TPSA) is 71.6 Å². The predicted molar refractivity (Wildman–Crippen MR) is 102 cm³/mol. The first-order chi connectivity index (χ1) is 12.8. The predicted octanol–water partition coefficient (Wildman–Crippen LogP) is 4.21. The molecular formula is C19H19ClFN3O3. The molecule has 2 aromatic rings. The molecule has 0 amide bonds. The molecule has 142 valence electrons. The molecule has 1 unspecified atom stereocenters. The Morgan fingerprint density at radius 3 is 2.85 bits per heavy atom. The first-order valence-electron chi connectivity index (χ1n) is 8.49. The number of methoxy groups -OCH3 is 1. The third-order valence-corrected chi connectivity index (χ3v) is 4.90. The fourth-order valence-electron chi connectivity index (χ4n) is 3.45. The molecule has 6 nitrogen and oxygen atoms in total. The quantitative estimate of drug-likeness (QED) is 0.681. The first kappa shape index (κ1) is 17.7. The molecule has 0 bridgehead atoms. The maximum atomic E-state index is 13.3. The summed E-state index contributed by atoms with van der Waals surface area (Å²) in [5, 5.41) is 10.1. The molecule has 0 saturated carbocycles. The van der Waals surface area contributed by atoms with Crippen LogP contribution in [0.25, 0.3) is 0 Å². The van der Waals surface area contributed by atoms with Gasteiger partial charge in [-0.15, -0.1) is 0 Å². The number of nitrogens with one attached hydrogen (secondary N) is 3. The number of carbonyl (C=O) groups excluding carboxylic acids is 1. The zero-order valence-corrected chi connectivity index (χ0v) is 15.8. The van der Waals surface area contributed by atoms with Crippen LogP contribution in [-0.4, -0.2) is 25.0 Å². The minimum Gasteiger partial charge on any atom is -0.486 e. The lowest BCUT2D eigenvalue weighted by atomic mass is 9.98. The van der Waals surface area contributed by atoms with E-state index in [1.807, 2.05) is 13.8 Å². The van der Waals surface area contributed by atoms with Crippen LogP contribution >= 0.6 is 11.6 Å². The normalized spacial score (nSPS) is 18.6. The van der Waals surface area contributed by atoms with Crippen LogP contribution in [0.2, 0.25) is 5.02 Å². The van der Waals surface area contributed by atoms with Gasteiger partial charge in [0.1, 0.15) is 22.7 Å². The molecule has 27 heavy (non-hydrogen) atoms. The molecule has 8 heteroatoms. The molecule has 0 spiro atoms. The number of hydrogen-bond acceptors (Lipinski definition) is 6. The van der Waals surface area contributed by atoms with E-state index in [0.29, 0.717) is 23.4 Å². The van der Waals surface area contributed by atoms with Crippen LogP contribution in [0.3, 0.4) is 0 Å². The second-order valence-electron chi connectivity index (χ2n) is 7.17. The van der Waals surface area contributed by atoms with Gasteiger partial charge in [0.2, 0.25) is 0 Å². The molecular weight excluding hydrogens is 373 g/mol. The van der Waals surface area contributed by atoms with E-state index in [2.05, 4.69) is 16.0 Å². The Balaban J connectivity index is 1.67. The van der Waals surface area contributed by atoms with Gasteiger partial charge in [0.25, 0.3) is 0 Å². The molecule has 1 atom stereocenters. The van der Waals surface area contributed by atoms with Gasteiger partial charge in [0.15, 0.2) is 6.29 Å². The number of ether oxygens (including phenoxy) is 2. The summed E-state index contributed by atoms with van der Waals surface area (Å²) in [6.07, 6.45) is 0.262. The van der Waals surface area contributed by atoms with E-state index >= 15 is 0 Å². The Kier molecular flexibility index (Phi) is 4.07. The number of carbonyl (C=O) groups is 1. The molecule has 0 radical (unpaired) electrons. The van der Waals surface area contributed by atoms with E-state index in [-0.39, 0.29) is 11.3 Å². The van der Waals surface area contributed by atoms with Crippen molar-refractivity contribution < 1.29 is 18.7 Å². The van der Waals surface area contributed by atoms with Crippen LogP contribution in [0.5, 0.6) is 5.75 Å². The average Bonchev–Trinajstić information content (AvgIpc) is 3.15. The lowest BCUT2D eigenvalue weighted by Gasteiger charge is -2.18. The maximum Gasteiger partial charge on any atom is 0.341 e. The highest BCUT2D eigenvalue weighted by Gasteiger charge is 2.39. The van der Waals surface area contributed by atoms with Crippen molar-refractivity contribution in [1.82, 2.24) is 0 Å². The fraction of sp³-hybridized carbons (Fsp3) is 0.316. The average molecular weight is 392 g/mol. The van der Waals surface area contributed by atoms with E-state index in [1.54, 1.807) is 12.1 Å². The number of fused-ring (bicyclic) bond motifs is 3. The number of rotatable bonds is 3. The summed E-state index contributed by atoms with van der Waals surface area (Å²) in [6.45, 7) is 3.94. The van der Waals surface area contributed by atoms with Gasteiger partial charge in [0.05, 0.1) is 29.2 Å². The Labute approximate surface area is 161 Å². The lowest BCUT2D eigenvalue weighted by molar-refractivity contribution is 0.0590. The van der Waals surface area contributed by atoms with E-state index in [0.717, 1.165) is 16.9 Å². The summed E-state index contributed by atoms with van der Waals surface area (Å²) in [5.41, 5.74) is 3.07. The van der Waals surface area contributed by atoms with Crippen molar-refractivity contribution in [2.24, 2.45) is 0 Å². The van der Waals surface area contributed by atoms with Crippen LogP contribution in [0.1, 0.15) is 29.8 Å². The Morgan fingerprint density at radius 2 is 2.15 bits per heavy atom. The van der Waals surface area contributed by atoms with Crippen LogP contribution < -0.4 is 20.7 Å². The van der Waals surface area contributed by atoms with Crippen LogP contribution in [-0.2, 0) is 11.2 Å². The minimum atomic E-state index is -0.452. The Hall–Kier alpha value is -2.67. The van der Waals surface area contributed by atoms with Gasteiger partial charge < -0.3 is 25.4 Å². The second kappa shape index (κ2) is 6.20.